The lowest BCUT2D eigenvalue weighted by molar-refractivity contribution is 0.520. The number of hydrogen-bond donors (Lipinski definition) is 1. The molecule has 0 rings (SSSR count). The summed E-state index contributed by atoms with van der Waals surface area (Å²) in [7, 11) is 0. The molecule has 0 saturated carbocycles. The second-order valence-corrected chi connectivity index (χ2v) is 5.11. The van der Waals surface area contributed by atoms with Crippen LogP contribution in [0.1, 0.15) is 46.0 Å². The molecule has 0 saturated heterocycles. The van der Waals surface area contributed by atoms with E-state index in [-0.39, 0.29) is 0 Å². The van der Waals surface area contributed by atoms with Crippen molar-refractivity contribution in [3.05, 3.63) is 0 Å². The van der Waals surface area contributed by atoms with Crippen molar-refractivity contribution in [1.29, 1.82) is 0 Å². The maximum Gasteiger partial charge on any atom is -0.000472 e. The Morgan fingerprint density at radius 2 is 1.69 bits per heavy atom. The average Bonchev–Trinajstić information content (AvgIpc) is 2.09. The van der Waals surface area contributed by atoms with E-state index < -0.39 is 0 Å². The van der Waals surface area contributed by atoms with Crippen LogP contribution in [-0.2, 0) is 0 Å². The fraction of sp³-hybridized carbons (Fsp3) is 1.00. The Morgan fingerprint density at radius 1 is 1.00 bits per heavy atom. The van der Waals surface area contributed by atoms with E-state index in [2.05, 4.69) is 41.8 Å². The Balaban J connectivity index is 2.84. The minimum absolute atomic E-state index is 0.862. The molecule has 0 aliphatic heterocycles. The zero-order valence-corrected chi connectivity index (χ0v) is 11.3. The number of halogens is 1. The van der Waals surface area contributed by atoms with Gasteiger partial charge in [0.2, 0.25) is 0 Å². The first-order valence-corrected chi connectivity index (χ1v) is 7.06. The van der Waals surface area contributed by atoms with Gasteiger partial charge in [0.15, 0.2) is 0 Å². The molecule has 0 amide bonds. The zero-order valence-electron chi connectivity index (χ0n) is 9.11. The van der Waals surface area contributed by atoms with Crippen LogP contribution in [0.3, 0.4) is 0 Å². The summed E-state index contributed by atoms with van der Waals surface area (Å²) < 4.78 is 1.31. The topological polar surface area (TPSA) is 12.0 Å². The van der Waals surface area contributed by atoms with Gasteiger partial charge in [0.1, 0.15) is 0 Å². The third-order valence-corrected chi connectivity index (χ3v) is 2.89. The molecule has 0 heterocycles. The van der Waals surface area contributed by atoms with Gasteiger partial charge in [-0.15, -0.1) is 0 Å². The molecule has 1 nitrogen and oxygen atoms in total. The predicted molar refractivity (Wildman–Crippen MR) is 69.7 cm³/mol. The molecule has 0 fully saturated rings. The van der Waals surface area contributed by atoms with Crippen LogP contribution in [0.4, 0.5) is 0 Å². The third kappa shape index (κ3) is 12.7. The summed E-state index contributed by atoms with van der Waals surface area (Å²) >= 11 is 2.45. The Kier molecular flexibility index (Phi) is 11.3. The van der Waals surface area contributed by atoms with E-state index in [1.807, 2.05) is 0 Å². The van der Waals surface area contributed by atoms with Gasteiger partial charge in [-0.05, 0) is 49.1 Å². The molecular formula is C11H24IN. The smallest absolute Gasteiger partial charge is 0.000472 e. The molecule has 0 aromatic rings. The molecule has 80 valence electrons. The van der Waals surface area contributed by atoms with Crippen molar-refractivity contribution in [2.45, 2.75) is 46.0 Å². The summed E-state index contributed by atoms with van der Waals surface area (Å²) in [6.45, 7) is 7.01. The Morgan fingerprint density at radius 3 is 2.31 bits per heavy atom. The summed E-state index contributed by atoms with van der Waals surface area (Å²) in [5.74, 6) is 0.862. The second kappa shape index (κ2) is 10.8. The Labute approximate surface area is 97.2 Å². The first-order chi connectivity index (χ1) is 6.27. The van der Waals surface area contributed by atoms with Crippen molar-refractivity contribution in [3.63, 3.8) is 0 Å². The lowest BCUT2D eigenvalue weighted by Gasteiger charge is -2.05. The quantitative estimate of drug-likeness (QED) is 0.389. The predicted octanol–water partition coefficient (Wildman–Crippen LogP) is 3.62. The van der Waals surface area contributed by atoms with E-state index in [1.54, 1.807) is 0 Å². The monoisotopic (exact) mass is 297 g/mol. The van der Waals surface area contributed by atoms with Crippen molar-refractivity contribution in [2.24, 2.45) is 5.92 Å². The number of rotatable bonds is 9. The standard InChI is InChI=1S/C11H24IN/c1-11(2)7-6-10-13-9-5-3-4-8-12/h11,13H,3-10H2,1-2H3. The largest absolute Gasteiger partial charge is 0.317 e. The zero-order chi connectivity index (χ0) is 9.94. The van der Waals surface area contributed by atoms with Crippen LogP contribution in [0.5, 0.6) is 0 Å². The highest BCUT2D eigenvalue weighted by Crippen LogP contribution is 2.02. The van der Waals surface area contributed by atoms with Crippen LogP contribution in [0.2, 0.25) is 0 Å². The van der Waals surface area contributed by atoms with Crippen LogP contribution in [0, 0.1) is 5.92 Å². The molecule has 0 atom stereocenters. The van der Waals surface area contributed by atoms with Gasteiger partial charge in [0, 0.05) is 0 Å². The summed E-state index contributed by atoms with van der Waals surface area (Å²) in [6, 6.07) is 0. The SMILES string of the molecule is CC(C)CCCNCCCCCI. The first-order valence-electron chi connectivity index (χ1n) is 5.54. The lowest BCUT2D eigenvalue weighted by Crippen LogP contribution is -2.17. The highest BCUT2D eigenvalue weighted by atomic mass is 127. The summed E-state index contributed by atoms with van der Waals surface area (Å²) in [4.78, 5) is 0. The Hall–Kier alpha value is 0.690. The molecule has 2 heteroatoms. The minimum atomic E-state index is 0.862. The van der Waals surface area contributed by atoms with Gasteiger partial charge in [-0.25, -0.2) is 0 Å². The molecule has 0 aromatic heterocycles. The minimum Gasteiger partial charge on any atom is -0.317 e. The maximum absolute atomic E-state index is 3.50. The summed E-state index contributed by atoms with van der Waals surface area (Å²) in [5.41, 5.74) is 0. The van der Waals surface area contributed by atoms with E-state index in [1.165, 1.54) is 49.6 Å². The molecule has 0 aliphatic rings. The molecule has 0 aliphatic carbocycles. The van der Waals surface area contributed by atoms with E-state index >= 15 is 0 Å². The highest BCUT2D eigenvalue weighted by molar-refractivity contribution is 14.1. The van der Waals surface area contributed by atoms with Gasteiger partial charge in [0.05, 0.1) is 0 Å². The molecule has 1 N–H and O–H groups in total. The van der Waals surface area contributed by atoms with E-state index in [0.29, 0.717) is 0 Å². The van der Waals surface area contributed by atoms with Crippen molar-refractivity contribution in [2.75, 3.05) is 17.5 Å². The molecule has 0 radical (unpaired) electrons. The number of unbranched alkanes of at least 4 members (excludes halogenated alkanes) is 2. The van der Waals surface area contributed by atoms with Gasteiger partial charge in [0.25, 0.3) is 0 Å². The average molecular weight is 297 g/mol. The fourth-order valence-corrected chi connectivity index (χ4v) is 1.82. The van der Waals surface area contributed by atoms with Gasteiger partial charge in [-0.2, -0.15) is 0 Å². The van der Waals surface area contributed by atoms with Gasteiger partial charge >= 0.3 is 0 Å². The number of alkyl halides is 1. The van der Waals surface area contributed by atoms with Gasteiger partial charge in [-0.3, -0.25) is 0 Å². The Bertz CT molecular complexity index is 94.1. The van der Waals surface area contributed by atoms with Crippen LogP contribution < -0.4 is 5.32 Å². The molecule has 13 heavy (non-hydrogen) atoms. The van der Waals surface area contributed by atoms with Crippen LogP contribution >= 0.6 is 22.6 Å². The molecule has 0 bridgehead atoms. The van der Waals surface area contributed by atoms with Crippen molar-refractivity contribution in [1.82, 2.24) is 5.32 Å². The maximum atomic E-state index is 3.50. The molecule has 0 aromatic carbocycles. The highest BCUT2D eigenvalue weighted by Gasteiger charge is 1.93. The van der Waals surface area contributed by atoms with E-state index in [9.17, 15) is 0 Å². The fourth-order valence-electron chi connectivity index (χ4n) is 1.28. The van der Waals surface area contributed by atoms with Gasteiger partial charge in [-0.1, -0.05) is 42.9 Å². The third-order valence-electron chi connectivity index (χ3n) is 2.12. The summed E-state index contributed by atoms with van der Waals surface area (Å²) in [5, 5.41) is 3.50. The van der Waals surface area contributed by atoms with Crippen LogP contribution in [0.15, 0.2) is 0 Å². The van der Waals surface area contributed by atoms with Crippen molar-refractivity contribution < 1.29 is 0 Å². The molecule has 0 spiro atoms. The number of nitrogens with one attached hydrogen (secondary N) is 1. The number of hydrogen-bond acceptors (Lipinski definition) is 1. The van der Waals surface area contributed by atoms with Gasteiger partial charge < -0.3 is 5.32 Å². The van der Waals surface area contributed by atoms with Crippen molar-refractivity contribution >= 4 is 22.6 Å². The van der Waals surface area contributed by atoms with E-state index in [4.69, 9.17) is 0 Å². The van der Waals surface area contributed by atoms with E-state index in [0.717, 1.165) is 5.92 Å². The molecule has 0 unspecified atom stereocenters. The first kappa shape index (κ1) is 13.7. The summed E-state index contributed by atoms with van der Waals surface area (Å²) in [6.07, 6.45) is 6.82. The van der Waals surface area contributed by atoms with Crippen LogP contribution in [0.25, 0.3) is 0 Å². The lowest BCUT2D eigenvalue weighted by atomic mass is 10.1. The van der Waals surface area contributed by atoms with Crippen LogP contribution in [-0.4, -0.2) is 17.5 Å². The normalized spacial score (nSPS) is 11.1. The second-order valence-electron chi connectivity index (χ2n) is 4.04. The molecular weight excluding hydrogens is 273 g/mol. The van der Waals surface area contributed by atoms with Crippen molar-refractivity contribution in [3.8, 4) is 0 Å².